The van der Waals surface area contributed by atoms with E-state index >= 15 is 0 Å². The number of anilines is 1. The Morgan fingerprint density at radius 3 is 2.69 bits per heavy atom. The van der Waals surface area contributed by atoms with Crippen molar-refractivity contribution in [3.8, 4) is 0 Å². The number of rotatable bonds is 2. The van der Waals surface area contributed by atoms with Crippen molar-refractivity contribution < 1.29 is 9.32 Å². The van der Waals surface area contributed by atoms with Gasteiger partial charge >= 0.3 is 0 Å². The van der Waals surface area contributed by atoms with Crippen LogP contribution in [-0.4, -0.2) is 16.0 Å². The number of amides is 1. The molecule has 2 aromatic heterocycles. The van der Waals surface area contributed by atoms with Crippen LogP contribution in [0.3, 0.4) is 0 Å². The Kier molecular flexibility index (Phi) is 2.74. The smallest absolute Gasteiger partial charge is 0.262 e. The second-order valence-corrected chi connectivity index (χ2v) is 4.31. The van der Waals surface area contributed by atoms with Gasteiger partial charge in [-0.05, 0) is 20.8 Å². The Morgan fingerprint density at radius 2 is 2.19 bits per heavy atom. The number of nitrogens with zero attached hydrogens (tertiary/aromatic N) is 2. The minimum atomic E-state index is -0.231. The maximum absolute atomic E-state index is 11.9. The highest BCUT2D eigenvalue weighted by atomic mass is 32.1. The van der Waals surface area contributed by atoms with Crippen LogP contribution in [0.15, 0.2) is 9.90 Å². The standard InChI is InChI=1S/C10H11N3O2S/c1-5-4-16-10(11-5)12-9(14)8-6(2)13-15-7(8)3/h4H,1-3H3,(H,11,12,14). The first kappa shape index (κ1) is 10.8. The van der Waals surface area contributed by atoms with Crippen molar-refractivity contribution in [3.63, 3.8) is 0 Å². The molecule has 0 saturated carbocycles. The molecule has 0 fully saturated rings. The molecule has 1 amide bonds. The minimum absolute atomic E-state index is 0.231. The fourth-order valence-corrected chi connectivity index (χ4v) is 2.06. The van der Waals surface area contributed by atoms with Crippen molar-refractivity contribution >= 4 is 22.4 Å². The Balaban J connectivity index is 2.21. The van der Waals surface area contributed by atoms with E-state index in [-0.39, 0.29) is 5.91 Å². The normalized spacial score (nSPS) is 10.4. The Labute approximate surface area is 96.5 Å². The minimum Gasteiger partial charge on any atom is -0.361 e. The van der Waals surface area contributed by atoms with Crippen LogP contribution in [0.2, 0.25) is 0 Å². The average Bonchev–Trinajstić information content (AvgIpc) is 2.74. The fraction of sp³-hybridized carbons (Fsp3) is 0.300. The van der Waals surface area contributed by atoms with E-state index in [1.165, 1.54) is 11.3 Å². The third-order valence-electron chi connectivity index (χ3n) is 2.10. The van der Waals surface area contributed by atoms with Gasteiger partial charge in [-0.15, -0.1) is 11.3 Å². The molecule has 0 unspecified atom stereocenters. The summed E-state index contributed by atoms with van der Waals surface area (Å²) in [4.78, 5) is 16.0. The van der Waals surface area contributed by atoms with Gasteiger partial charge in [-0.25, -0.2) is 4.98 Å². The van der Waals surface area contributed by atoms with Crippen molar-refractivity contribution in [2.75, 3.05) is 5.32 Å². The monoisotopic (exact) mass is 237 g/mol. The molecule has 0 atom stereocenters. The predicted molar refractivity (Wildman–Crippen MR) is 60.8 cm³/mol. The molecule has 6 heteroatoms. The van der Waals surface area contributed by atoms with Crippen LogP contribution in [0.5, 0.6) is 0 Å². The lowest BCUT2D eigenvalue weighted by atomic mass is 10.2. The maximum Gasteiger partial charge on any atom is 0.262 e. The van der Waals surface area contributed by atoms with Crippen LogP contribution in [0, 0.1) is 20.8 Å². The maximum atomic E-state index is 11.9. The van der Waals surface area contributed by atoms with Crippen LogP contribution < -0.4 is 5.32 Å². The van der Waals surface area contributed by atoms with Gasteiger partial charge in [-0.3, -0.25) is 10.1 Å². The highest BCUT2D eigenvalue weighted by Gasteiger charge is 2.18. The first-order valence-electron chi connectivity index (χ1n) is 4.74. The number of carbonyl (C=O) groups is 1. The summed E-state index contributed by atoms with van der Waals surface area (Å²) >= 11 is 1.39. The number of hydrogen-bond acceptors (Lipinski definition) is 5. The fourth-order valence-electron chi connectivity index (χ4n) is 1.38. The molecule has 2 heterocycles. The summed E-state index contributed by atoms with van der Waals surface area (Å²) in [6.45, 7) is 5.32. The lowest BCUT2D eigenvalue weighted by Crippen LogP contribution is -2.13. The van der Waals surface area contributed by atoms with Gasteiger partial charge in [0.2, 0.25) is 0 Å². The summed E-state index contributed by atoms with van der Waals surface area (Å²) in [6.07, 6.45) is 0. The second-order valence-electron chi connectivity index (χ2n) is 3.45. The van der Waals surface area contributed by atoms with Crippen LogP contribution in [-0.2, 0) is 0 Å². The van der Waals surface area contributed by atoms with E-state index in [1.807, 2.05) is 12.3 Å². The number of carbonyl (C=O) groups excluding carboxylic acids is 1. The average molecular weight is 237 g/mol. The zero-order valence-electron chi connectivity index (χ0n) is 9.20. The van der Waals surface area contributed by atoms with E-state index in [1.54, 1.807) is 13.8 Å². The second kappa shape index (κ2) is 4.05. The van der Waals surface area contributed by atoms with E-state index in [0.717, 1.165) is 5.69 Å². The van der Waals surface area contributed by atoms with Gasteiger partial charge in [0.15, 0.2) is 5.13 Å². The molecule has 0 aliphatic carbocycles. The van der Waals surface area contributed by atoms with Gasteiger partial charge in [0, 0.05) is 5.38 Å². The Bertz CT molecular complexity index is 510. The Morgan fingerprint density at radius 1 is 1.44 bits per heavy atom. The van der Waals surface area contributed by atoms with Crippen molar-refractivity contribution in [2.45, 2.75) is 20.8 Å². The number of aryl methyl sites for hydroxylation is 3. The molecular formula is C10H11N3O2S. The van der Waals surface area contributed by atoms with E-state index in [0.29, 0.717) is 22.1 Å². The molecule has 0 saturated heterocycles. The van der Waals surface area contributed by atoms with Crippen LogP contribution >= 0.6 is 11.3 Å². The summed E-state index contributed by atoms with van der Waals surface area (Å²) in [5, 5.41) is 8.91. The molecule has 2 rings (SSSR count). The number of aromatic nitrogens is 2. The zero-order valence-corrected chi connectivity index (χ0v) is 10.0. The number of nitrogens with one attached hydrogen (secondary N) is 1. The topological polar surface area (TPSA) is 68.0 Å². The molecule has 1 N–H and O–H groups in total. The lowest BCUT2D eigenvalue weighted by molar-refractivity contribution is 0.102. The quantitative estimate of drug-likeness (QED) is 0.870. The molecular weight excluding hydrogens is 226 g/mol. The molecule has 2 aromatic rings. The molecule has 0 aliphatic heterocycles. The number of hydrogen-bond donors (Lipinski definition) is 1. The van der Waals surface area contributed by atoms with Gasteiger partial charge in [0.1, 0.15) is 11.3 Å². The zero-order chi connectivity index (χ0) is 11.7. The van der Waals surface area contributed by atoms with Crippen molar-refractivity contribution in [1.82, 2.24) is 10.1 Å². The summed E-state index contributed by atoms with van der Waals surface area (Å²) < 4.78 is 4.93. The van der Waals surface area contributed by atoms with Gasteiger partial charge in [-0.1, -0.05) is 5.16 Å². The first-order valence-corrected chi connectivity index (χ1v) is 5.62. The highest BCUT2D eigenvalue weighted by molar-refractivity contribution is 7.13. The van der Waals surface area contributed by atoms with Crippen molar-refractivity contribution in [1.29, 1.82) is 0 Å². The SMILES string of the molecule is Cc1csc(NC(=O)c2c(C)noc2C)n1. The Hall–Kier alpha value is -1.69. The largest absolute Gasteiger partial charge is 0.361 e. The third kappa shape index (κ3) is 1.96. The van der Waals surface area contributed by atoms with Gasteiger partial charge < -0.3 is 4.52 Å². The summed E-state index contributed by atoms with van der Waals surface area (Å²) in [6, 6.07) is 0. The van der Waals surface area contributed by atoms with Crippen LogP contribution in [0.25, 0.3) is 0 Å². The first-order chi connectivity index (χ1) is 7.58. The van der Waals surface area contributed by atoms with Crippen LogP contribution in [0.4, 0.5) is 5.13 Å². The van der Waals surface area contributed by atoms with E-state index in [9.17, 15) is 4.79 Å². The van der Waals surface area contributed by atoms with Crippen molar-refractivity contribution in [3.05, 3.63) is 28.1 Å². The van der Waals surface area contributed by atoms with E-state index in [4.69, 9.17) is 4.52 Å². The third-order valence-corrected chi connectivity index (χ3v) is 2.98. The molecule has 0 radical (unpaired) electrons. The molecule has 5 nitrogen and oxygen atoms in total. The molecule has 0 spiro atoms. The van der Waals surface area contributed by atoms with Gasteiger partial charge in [-0.2, -0.15) is 0 Å². The number of thiazole rings is 1. The summed E-state index contributed by atoms with van der Waals surface area (Å²) in [7, 11) is 0. The van der Waals surface area contributed by atoms with Crippen molar-refractivity contribution in [2.24, 2.45) is 0 Å². The molecule has 0 bridgehead atoms. The summed E-state index contributed by atoms with van der Waals surface area (Å²) in [5.74, 6) is 0.286. The van der Waals surface area contributed by atoms with Gasteiger partial charge in [0.05, 0.1) is 11.4 Å². The lowest BCUT2D eigenvalue weighted by Gasteiger charge is -1.99. The predicted octanol–water partition coefficient (Wildman–Crippen LogP) is 2.31. The molecule has 0 aliphatic rings. The highest BCUT2D eigenvalue weighted by Crippen LogP contribution is 2.18. The summed E-state index contributed by atoms with van der Waals surface area (Å²) in [5.41, 5.74) is 1.95. The van der Waals surface area contributed by atoms with E-state index < -0.39 is 0 Å². The molecule has 84 valence electrons. The van der Waals surface area contributed by atoms with E-state index in [2.05, 4.69) is 15.5 Å². The van der Waals surface area contributed by atoms with Gasteiger partial charge in [0.25, 0.3) is 5.91 Å². The molecule has 16 heavy (non-hydrogen) atoms. The molecule has 0 aromatic carbocycles. The van der Waals surface area contributed by atoms with Crippen LogP contribution in [0.1, 0.15) is 27.5 Å².